The Balaban J connectivity index is 1.77. The fraction of sp³-hybridized carbons (Fsp3) is 0.500. The monoisotopic (exact) mass is 382 g/mol. The smallest absolute Gasteiger partial charge is 0.254 e. The van der Waals surface area contributed by atoms with Crippen LogP contribution >= 0.6 is 15.9 Å². The molecule has 1 saturated heterocycles. The van der Waals surface area contributed by atoms with E-state index in [1.807, 2.05) is 18.2 Å². The second-order valence-electron chi connectivity index (χ2n) is 5.94. The minimum atomic E-state index is -0.584. The van der Waals surface area contributed by atoms with Gasteiger partial charge in [0.1, 0.15) is 19.1 Å². The summed E-state index contributed by atoms with van der Waals surface area (Å²) in [6.07, 6.45) is 0. The Bertz CT molecular complexity index is 617. The molecule has 1 fully saturated rings. The van der Waals surface area contributed by atoms with Crippen molar-refractivity contribution in [3.8, 4) is 0 Å². The molecule has 2 aliphatic rings. The second-order valence-corrected chi connectivity index (χ2v) is 6.85. The van der Waals surface area contributed by atoms with Crippen molar-refractivity contribution in [3.05, 3.63) is 28.2 Å². The molecule has 0 saturated carbocycles. The van der Waals surface area contributed by atoms with Gasteiger partial charge in [0.15, 0.2) is 0 Å². The number of fused-ring (bicyclic) bond motifs is 1. The second kappa shape index (κ2) is 6.98. The number of carbonyl (C=O) groups is 2. The zero-order valence-electron chi connectivity index (χ0n) is 13.1. The zero-order valence-corrected chi connectivity index (χ0v) is 14.7. The molecule has 0 spiro atoms. The highest BCUT2D eigenvalue weighted by molar-refractivity contribution is 9.10. The lowest BCUT2D eigenvalue weighted by atomic mass is 10.1. The third kappa shape index (κ3) is 3.57. The number of hydrogen-bond donors (Lipinski definition) is 2. The molecular formula is C16H21BrN3O3+. The molecule has 124 valence electrons. The number of morpholine rings is 1. The van der Waals surface area contributed by atoms with Gasteiger partial charge in [-0.15, -0.1) is 0 Å². The highest BCUT2D eigenvalue weighted by Crippen LogP contribution is 2.37. The fourth-order valence-electron chi connectivity index (χ4n) is 3.16. The Morgan fingerprint density at radius 3 is 2.87 bits per heavy atom. The number of rotatable bonds is 4. The first kappa shape index (κ1) is 16.4. The number of ether oxygens (including phenoxy) is 1. The van der Waals surface area contributed by atoms with Crippen LogP contribution in [0, 0.1) is 0 Å². The minimum Gasteiger partial charge on any atom is -0.370 e. The first-order valence-corrected chi connectivity index (χ1v) is 8.65. The maximum atomic E-state index is 12.7. The van der Waals surface area contributed by atoms with Gasteiger partial charge < -0.3 is 19.9 Å². The van der Waals surface area contributed by atoms with E-state index in [2.05, 4.69) is 21.2 Å². The van der Waals surface area contributed by atoms with E-state index in [-0.39, 0.29) is 11.8 Å². The standard InChI is InChI=1S/C16H20BrN3O3/c1-11(21)18-15-13-10-12(17)2-3-14(13)20(16(15)22)5-4-19-6-8-23-9-7-19/h2-3,10,15H,4-9H2,1H3,(H,18,21)/p+1/t15-/m0/s1. The summed E-state index contributed by atoms with van der Waals surface area (Å²) in [7, 11) is 0. The van der Waals surface area contributed by atoms with E-state index >= 15 is 0 Å². The van der Waals surface area contributed by atoms with Crippen LogP contribution in [0.3, 0.4) is 0 Å². The Kier molecular flexibility index (Phi) is 4.99. The van der Waals surface area contributed by atoms with Crippen LogP contribution in [-0.4, -0.2) is 51.2 Å². The lowest BCUT2D eigenvalue weighted by molar-refractivity contribution is -0.906. The summed E-state index contributed by atoms with van der Waals surface area (Å²) in [6.45, 7) is 6.49. The van der Waals surface area contributed by atoms with Gasteiger partial charge in [-0.05, 0) is 18.2 Å². The van der Waals surface area contributed by atoms with Crippen LogP contribution in [0.5, 0.6) is 0 Å². The van der Waals surface area contributed by atoms with Crippen LogP contribution < -0.4 is 15.1 Å². The first-order valence-electron chi connectivity index (χ1n) is 7.85. The zero-order chi connectivity index (χ0) is 16.4. The van der Waals surface area contributed by atoms with Crippen molar-refractivity contribution in [2.24, 2.45) is 0 Å². The molecule has 0 bridgehead atoms. The molecule has 1 aromatic rings. The average Bonchev–Trinajstić information content (AvgIpc) is 2.78. The summed E-state index contributed by atoms with van der Waals surface area (Å²) in [5, 5.41) is 2.77. The number of nitrogens with zero attached hydrogens (tertiary/aromatic N) is 1. The summed E-state index contributed by atoms with van der Waals surface area (Å²) in [5.74, 6) is -0.254. The van der Waals surface area contributed by atoms with Gasteiger partial charge >= 0.3 is 0 Å². The molecule has 0 radical (unpaired) electrons. The van der Waals surface area contributed by atoms with Crippen molar-refractivity contribution in [1.29, 1.82) is 0 Å². The quantitative estimate of drug-likeness (QED) is 0.763. The molecule has 6 nitrogen and oxygen atoms in total. The predicted molar refractivity (Wildman–Crippen MR) is 89.4 cm³/mol. The van der Waals surface area contributed by atoms with E-state index in [0.717, 1.165) is 48.6 Å². The number of halogens is 1. The van der Waals surface area contributed by atoms with Gasteiger partial charge in [0.25, 0.3) is 5.91 Å². The van der Waals surface area contributed by atoms with Crippen LogP contribution in [-0.2, 0) is 14.3 Å². The van der Waals surface area contributed by atoms with Crippen molar-refractivity contribution in [2.75, 3.05) is 44.3 Å². The number of nitrogens with one attached hydrogen (secondary N) is 2. The van der Waals surface area contributed by atoms with E-state index in [9.17, 15) is 9.59 Å². The number of hydrogen-bond acceptors (Lipinski definition) is 3. The van der Waals surface area contributed by atoms with E-state index in [1.165, 1.54) is 11.8 Å². The summed E-state index contributed by atoms with van der Waals surface area (Å²) < 4.78 is 6.27. The first-order chi connectivity index (χ1) is 11.1. The minimum absolute atomic E-state index is 0.0547. The van der Waals surface area contributed by atoms with E-state index in [1.54, 1.807) is 4.90 Å². The number of anilines is 1. The molecule has 0 aromatic heterocycles. The van der Waals surface area contributed by atoms with Gasteiger partial charge in [-0.2, -0.15) is 0 Å². The fourth-order valence-corrected chi connectivity index (χ4v) is 3.54. The van der Waals surface area contributed by atoms with Gasteiger partial charge in [-0.3, -0.25) is 9.59 Å². The topological polar surface area (TPSA) is 63.1 Å². The number of carbonyl (C=O) groups excluding carboxylic acids is 2. The summed E-state index contributed by atoms with van der Waals surface area (Å²) in [5.41, 5.74) is 1.75. The maximum Gasteiger partial charge on any atom is 0.254 e. The Morgan fingerprint density at radius 2 is 2.17 bits per heavy atom. The molecule has 0 aliphatic carbocycles. The molecular weight excluding hydrogens is 362 g/mol. The normalized spacial score (nSPS) is 21.4. The molecule has 0 unspecified atom stereocenters. The highest BCUT2D eigenvalue weighted by Gasteiger charge is 2.38. The SMILES string of the molecule is CC(=O)N[C@@H]1C(=O)N(CC[NH+]2CCOCC2)c2ccc(Br)cc21. The molecule has 3 rings (SSSR count). The van der Waals surface area contributed by atoms with Crippen LogP contribution in [0.15, 0.2) is 22.7 Å². The lowest BCUT2D eigenvalue weighted by Crippen LogP contribution is -3.14. The molecule has 2 aliphatic heterocycles. The Labute approximate surface area is 143 Å². The highest BCUT2D eigenvalue weighted by atomic mass is 79.9. The van der Waals surface area contributed by atoms with E-state index in [4.69, 9.17) is 4.74 Å². The van der Waals surface area contributed by atoms with Crippen LogP contribution in [0.4, 0.5) is 5.69 Å². The third-order valence-corrected chi connectivity index (χ3v) is 4.83. The van der Waals surface area contributed by atoms with Crippen LogP contribution in [0.1, 0.15) is 18.5 Å². The predicted octanol–water partition coefficient (Wildman–Crippen LogP) is -0.112. The van der Waals surface area contributed by atoms with Crippen LogP contribution in [0.25, 0.3) is 0 Å². The summed E-state index contributed by atoms with van der Waals surface area (Å²) in [6, 6.07) is 5.19. The van der Waals surface area contributed by atoms with Gasteiger partial charge in [0, 0.05) is 22.6 Å². The van der Waals surface area contributed by atoms with Gasteiger partial charge in [-0.25, -0.2) is 0 Å². The molecule has 7 heteroatoms. The number of quaternary nitrogens is 1. The summed E-state index contributed by atoms with van der Waals surface area (Å²) in [4.78, 5) is 27.4. The molecule has 2 amide bonds. The molecule has 2 N–H and O–H groups in total. The van der Waals surface area contributed by atoms with E-state index in [0.29, 0.717) is 6.54 Å². The Hall–Kier alpha value is -1.44. The van der Waals surface area contributed by atoms with Gasteiger partial charge in [0.05, 0.1) is 26.3 Å². The van der Waals surface area contributed by atoms with Crippen molar-refractivity contribution >= 4 is 33.4 Å². The van der Waals surface area contributed by atoms with Crippen molar-refractivity contribution in [2.45, 2.75) is 13.0 Å². The Morgan fingerprint density at radius 1 is 1.43 bits per heavy atom. The molecule has 1 aromatic carbocycles. The molecule has 23 heavy (non-hydrogen) atoms. The van der Waals surface area contributed by atoms with Gasteiger partial charge in [0.2, 0.25) is 5.91 Å². The van der Waals surface area contributed by atoms with E-state index < -0.39 is 6.04 Å². The molecule has 1 atom stereocenters. The van der Waals surface area contributed by atoms with Crippen LogP contribution in [0.2, 0.25) is 0 Å². The van der Waals surface area contributed by atoms with Crippen molar-refractivity contribution in [1.82, 2.24) is 5.32 Å². The van der Waals surface area contributed by atoms with Gasteiger partial charge in [-0.1, -0.05) is 15.9 Å². The maximum absolute atomic E-state index is 12.7. The molecule has 2 heterocycles. The third-order valence-electron chi connectivity index (χ3n) is 4.34. The number of benzene rings is 1. The average molecular weight is 383 g/mol. The number of amides is 2. The summed E-state index contributed by atoms with van der Waals surface area (Å²) >= 11 is 3.44. The van der Waals surface area contributed by atoms with Crippen molar-refractivity contribution in [3.63, 3.8) is 0 Å². The largest absolute Gasteiger partial charge is 0.370 e. The van der Waals surface area contributed by atoms with Crippen molar-refractivity contribution < 1.29 is 19.2 Å². The lowest BCUT2D eigenvalue weighted by Gasteiger charge is -2.26.